The van der Waals surface area contributed by atoms with E-state index in [9.17, 15) is 5.11 Å². The van der Waals surface area contributed by atoms with Gasteiger partial charge < -0.3 is 29.1 Å². The van der Waals surface area contributed by atoms with E-state index in [1.165, 1.54) is 10.6 Å². The van der Waals surface area contributed by atoms with Crippen LogP contribution in [-0.2, 0) is 0 Å². The maximum absolute atomic E-state index is 11.5. The Labute approximate surface area is 221 Å². The number of methoxy groups -OCH3 is 3. The molecule has 37 heavy (non-hydrogen) atoms. The third-order valence-corrected chi connectivity index (χ3v) is 7.49. The third-order valence-electron chi connectivity index (χ3n) is 7.17. The summed E-state index contributed by atoms with van der Waals surface area (Å²) in [5.41, 5.74) is 3.53. The average Bonchev–Trinajstić information content (AvgIpc) is 2.96. The summed E-state index contributed by atoms with van der Waals surface area (Å²) in [5.74, 6) is 1.87. The van der Waals surface area contributed by atoms with E-state index in [0.717, 1.165) is 42.7 Å². The van der Waals surface area contributed by atoms with Crippen LogP contribution < -0.4 is 29.0 Å². The lowest BCUT2D eigenvalue weighted by Crippen LogP contribution is -3.15. The van der Waals surface area contributed by atoms with Crippen LogP contribution in [0.4, 0.5) is 5.69 Å². The molecular formula is C29H32ClN3O4+2. The Morgan fingerprint density at radius 1 is 0.919 bits per heavy atom. The zero-order valence-corrected chi connectivity index (χ0v) is 22.0. The van der Waals surface area contributed by atoms with Crippen molar-refractivity contribution >= 4 is 28.2 Å². The molecule has 0 bridgehead atoms. The molecule has 1 aliphatic heterocycles. The number of fused-ring (bicyclic) bond motifs is 1. The zero-order chi connectivity index (χ0) is 25.9. The summed E-state index contributed by atoms with van der Waals surface area (Å²) in [5, 5.41) is 12.9. The lowest BCUT2D eigenvalue weighted by Gasteiger charge is -2.38. The molecule has 5 rings (SSSR count). The van der Waals surface area contributed by atoms with Crippen molar-refractivity contribution in [3.63, 3.8) is 0 Å². The Balaban J connectivity index is 1.62. The van der Waals surface area contributed by atoms with Crippen LogP contribution in [0.1, 0.15) is 17.2 Å². The fraction of sp³-hybridized carbons (Fsp3) is 0.276. The minimum absolute atomic E-state index is 0.191. The number of pyridine rings is 1. The number of hydrogen-bond acceptors (Lipinski definition) is 5. The number of nitrogens with zero attached hydrogens (tertiary/aromatic N) is 1. The molecule has 7 nitrogen and oxygen atoms in total. The first kappa shape index (κ1) is 25.0. The molecule has 3 aromatic carbocycles. The number of aromatic hydroxyl groups is 1. The van der Waals surface area contributed by atoms with Gasteiger partial charge in [-0.2, -0.15) is 0 Å². The second-order valence-electron chi connectivity index (χ2n) is 9.13. The number of halogens is 1. The first-order chi connectivity index (χ1) is 18.0. The van der Waals surface area contributed by atoms with Gasteiger partial charge in [0.25, 0.3) is 5.52 Å². The van der Waals surface area contributed by atoms with E-state index in [0.29, 0.717) is 27.8 Å². The minimum atomic E-state index is -0.220. The number of H-pyrrole nitrogens is 1. The van der Waals surface area contributed by atoms with Crippen molar-refractivity contribution < 1.29 is 29.2 Å². The van der Waals surface area contributed by atoms with Crippen LogP contribution in [0.5, 0.6) is 23.0 Å². The molecule has 0 saturated carbocycles. The standard InChI is InChI=1S/C29H30ClN3O4/c1-35-24-16-19(17-25(36-2)29(24)37-3)27(22-18-23(30)21-10-7-11-31-26(21)28(22)34)33-14-12-32(13-15-33)20-8-5-4-6-9-20/h4-11,16-18,27,34H,12-15H2,1-3H3/p+2. The highest BCUT2D eigenvalue weighted by Crippen LogP contribution is 2.42. The molecule has 3 N–H and O–H groups in total. The van der Waals surface area contributed by atoms with E-state index in [-0.39, 0.29) is 11.8 Å². The lowest BCUT2D eigenvalue weighted by molar-refractivity contribution is -0.926. The number of quaternary nitrogens is 1. The van der Waals surface area contributed by atoms with E-state index >= 15 is 0 Å². The van der Waals surface area contributed by atoms with Gasteiger partial charge in [0, 0.05) is 17.3 Å². The first-order valence-corrected chi connectivity index (χ1v) is 12.7. The first-order valence-electron chi connectivity index (χ1n) is 12.3. The molecule has 1 fully saturated rings. The second-order valence-corrected chi connectivity index (χ2v) is 9.53. The predicted octanol–water partition coefficient (Wildman–Crippen LogP) is 3.53. The second kappa shape index (κ2) is 10.7. The van der Waals surface area contributed by atoms with Gasteiger partial charge in [0.1, 0.15) is 6.04 Å². The smallest absolute Gasteiger partial charge is 0.255 e. The minimum Gasteiger partial charge on any atom is -0.502 e. The largest absolute Gasteiger partial charge is 0.502 e. The van der Waals surface area contributed by atoms with Crippen molar-refractivity contribution in [2.75, 3.05) is 52.4 Å². The number of nitrogens with one attached hydrogen (secondary N) is 2. The van der Waals surface area contributed by atoms with E-state index < -0.39 is 0 Å². The van der Waals surface area contributed by atoms with Gasteiger partial charge in [-0.15, -0.1) is 0 Å². The number of aromatic amines is 1. The van der Waals surface area contributed by atoms with Crippen molar-refractivity contribution in [3.8, 4) is 23.0 Å². The third kappa shape index (κ3) is 4.72. The van der Waals surface area contributed by atoms with Gasteiger partial charge in [0.2, 0.25) is 5.75 Å². The van der Waals surface area contributed by atoms with Gasteiger partial charge in [-0.1, -0.05) is 29.8 Å². The Morgan fingerprint density at radius 2 is 1.59 bits per heavy atom. The summed E-state index contributed by atoms with van der Waals surface area (Å²) >= 11 is 6.75. The van der Waals surface area contributed by atoms with Crippen LogP contribution in [0, 0.1) is 0 Å². The maximum atomic E-state index is 11.5. The number of anilines is 1. The van der Waals surface area contributed by atoms with Crippen LogP contribution in [0.15, 0.2) is 66.9 Å². The molecule has 0 amide bonds. The summed E-state index contributed by atoms with van der Waals surface area (Å²) in [6, 6.07) is 19.8. The van der Waals surface area contributed by atoms with Gasteiger partial charge >= 0.3 is 0 Å². The molecule has 0 aliphatic carbocycles. The van der Waals surface area contributed by atoms with Crippen LogP contribution in [0.2, 0.25) is 5.02 Å². The summed E-state index contributed by atoms with van der Waals surface area (Å²) < 4.78 is 16.9. The molecule has 1 unspecified atom stereocenters. The predicted molar refractivity (Wildman–Crippen MR) is 144 cm³/mol. The number of hydrogen-bond donors (Lipinski definition) is 2. The highest BCUT2D eigenvalue weighted by molar-refractivity contribution is 6.35. The molecule has 0 spiro atoms. The number of rotatable bonds is 7. The normalized spacial score (nSPS) is 15.0. The van der Waals surface area contributed by atoms with Crippen LogP contribution in [-0.4, -0.2) is 52.6 Å². The quantitative estimate of drug-likeness (QED) is 0.389. The number of ether oxygens (including phenoxy) is 3. The number of aromatic nitrogens is 1. The van der Waals surface area contributed by atoms with E-state index in [4.69, 9.17) is 25.8 Å². The van der Waals surface area contributed by atoms with E-state index in [1.807, 2.05) is 36.4 Å². The van der Waals surface area contributed by atoms with Gasteiger partial charge in [-0.25, -0.2) is 4.98 Å². The Kier molecular flexibility index (Phi) is 7.26. The molecular weight excluding hydrogens is 490 g/mol. The summed E-state index contributed by atoms with van der Waals surface area (Å²) in [6.45, 7) is 3.50. The van der Waals surface area contributed by atoms with Crippen molar-refractivity contribution in [2.24, 2.45) is 0 Å². The molecule has 192 valence electrons. The van der Waals surface area contributed by atoms with Crippen molar-refractivity contribution in [3.05, 3.63) is 83.0 Å². The SMILES string of the molecule is COc1cc(C(c2cc(Cl)c3ccc[nH+]c3c2O)[NH+]2CCN(c3ccccc3)CC2)cc(OC)c1OC. The number of para-hydroxylation sites is 1. The van der Waals surface area contributed by atoms with Gasteiger partial charge in [0.05, 0.1) is 63.5 Å². The van der Waals surface area contributed by atoms with Crippen molar-refractivity contribution in [1.82, 2.24) is 0 Å². The molecule has 2 heterocycles. The molecule has 8 heteroatoms. The number of phenols is 1. The van der Waals surface area contributed by atoms with Crippen LogP contribution >= 0.6 is 11.6 Å². The van der Waals surface area contributed by atoms with Crippen molar-refractivity contribution in [2.45, 2.75) is 6.04 Å². The van der Waals surface area contributed by atoms with Crippen LogP contribution in [0.3, 0.4) is 0 Å². The highest BCUT2D eigenvalue weighted by Gasteiger charge is 2.35. The molecule has 0 radical (unpaired) electrons. The Hall–Kier alpha value is -3.68. The van der Waals surface area contributed by atoms with E-state index in [2.05, 4.69) is 34.1 Å². The topological polar surface area (TPSA) is 69.7 Å². The summed E-state index contributed by atoms with van der Waals surface area (Å²) in [6.07, 6.45) is 1.79. The molecule has 1 atom stereocenters. The van der Waals surface area contributed by atoms with E-state index in [1.54, 1.807) is 27.5 Å². The molecule has 1 aliphatic rings. The number of benzene rings is 3. The number of piperazine rings is 1. The molecule has 1 aromatic heterocycles. The lowest BCUT2D eigenvalue weighted by atomic mass is 9.93. The molecule has 4 aromatic rings. The molecule has 1 saturated heterocycles. The summed E-state index contributed by atoms with van der Waals surface area (Å²) in [7, 11) is 4.82. The van der Waals surface area contributed by atoms with Crippen LogP contribution in [0.25, 0.3) is 10.9 Å². The fourth-order valence-corrected chi connectivity index (χ4v) is 5.64. The van der Waals surface area contributed by atoms with Crippen molar-refractivity contribution in [1.29, 1.82) is 0 Å². The maximum Gasteiger partial charge on any atom is 0.255 e. The Morgan fingerprint density at radius 3 is 2.22 bits per heavy atom. The monoisotopic (exact) mass is 521 g/mol. The van der Waals surface area contributed by atoms with Gasteiger partial charge in [0.15, 0.2) is 23.4 Å². The summed E-state index contributed by atoms with van der Waals surface area (Å²) in [4.78, 5) is 6.89. The number of phenolic OH excluding ortho intramolecular Hbond substituents is 1. The average molecular weight is 522 g/mol. The fourth-order valence-electron chi connectivity index (χ4n) is 5.36. The highest BCUT2D eigenvalue weighted by atomic mass is 35.5. The zero-order valence-electron chi connectivity index (χ0n) is 21.3. The van der Waals surface area contributed by atoms with Gasteiger partial charge in [-0.05, 0) is 36.4 Å². The van der Waals surface area contributed by atoms with Gasteiger partial charge in [-0.3, -0.25) is 0 Å². The Bertz CT molecular complexity index is 1370.